The first-order valence-corrected chi connectivity index (χ1v) is 11.5. The predicted octanol–water partition coefficient (Wildman–Crippen LogP) is 2.13. The minimum absolute atomic E-state index is 0.0115. The average molecular weight is 445 g/mol. The topological polar surface area (TPSA) is 99.2 Å². The Balaban J connectivity index is 1.42. The van der Waals surface area contributed by atoms with E-state index in [1.54, 1.807) is 17.7 Å². The molecule has 0 fully saturated rings. The molecule has 0 amide bonds. The van der Waals surface area contributed by atoms with Crippen LogP contribution in [-0.2, 0) is 29.9 Å². The number of rotatable bonds is 8. The normalized spacial score (nSPS) is 18.2. The van der Waals surface area contributed by atoms with Gasteiger partial charge in [-0.3, -0.25) is 0 Å². The molecule has 2 atom stereocenters. The maximum absolute atomic E-state index is 14.5. The molecule has 164 valence electrons. The lowest BCUT2D eigenvalue weighted by Gasteiger charge is -2.18. The first kappa shape index (κ1) is 21.5. The van der Waals surface area contributed by atoms with Gasteiger partial charge in [-0.05, 0) is 41.7 Å². The fourth-order valence-corrected chi connectivity index (χ4v) is 4.93. The van der Waals surface area contributed by atoms with Crippen LogP contribution in [0.1, 0.15) is 22.6 Å². The molecule has 1 aromatic heterocycles. The number of aromatic nitrogens is 2. The first-order valence-electron chi connectivity index (χ1n) is 10.1. The number of imidazole rings is 1. The number of benzene rings is 2. The van der Waals surface area contributed by atoms with Gasteiger partial charge in [0.15, 0.2) is 16.6 Å². The van der Waals surface area contributed by atoms with Crippen molar-refractivity contribution in [1.82, 2.24) is 14.3 Å². The van der Waals surface area contributed by atoms with Gasteiger partial charge in [0.05, 0.1) is 6.33 Å². The Kier molecular flexibility index (Phi) is 6.08. The van der Waals surface area contributed by atoms with Gasteiger partial charge in [0, 0.05) is 31.7 Å². The minimum Gasteiger partial charge on any atom is -0.489 e. The second kappa shape index (κ2) is 8.78. The van der Waals surface area contributed by atoms with Crippen LogP contribution in [0.4, 0.5) is 4.39 Å². The molecular weight excluding hydrogens is 419 g/mol. The number of ether oxygens (including phenoxy) is 1. The summed E-state index contributed by atoms with van der Waals surface area (Å²) in [7, 11) is -2.05. The van der Waals surface area contributed by atoms with Crippen LogP contribution in [0, 0.1) is 5.82 Å². The van der Waals surface area contributed by atoms with Crippen molar-refractivity contribution in [3.8, 4) is 5.75 Å². The van der Waals surface area contributed by atoms with Crippen molar-refractivity contribution in [3.05, 3.63) is 77.5 Å². The zero-order valence-corrected chi connectivity index (χ0v) is 18.0. The van der Waals surface area contributed by atoms with Crippen LogP contribution in [0.3, 0.4) is 0 Å². The molecule has 0 bridgehead atoms. The highest BCUT2D eigenvalue weighted by molar-refractivity contribution is 7.89. The van der Waals surface area contributed by atoms with Gasteiger partial charge >= 0.3 is 0 Å². The van der Waals surface area contributed by atoms with E-state index in [0.29, 0.717) is 6.42 Å². The lowest BCUT2D eigenvalue weighted by atomic mass is 9.91. The van der Waals surface area contributed by atoms with Crippen molar-refractivity contribution in [1.29, 1.82) is 0 Å². The van der Waals surface area contributed by atoms with Crippen LogP contribution in [-0.4, -0.2) is 37.2 Å². The number of nitrogens with two attached hydrogens (primary N) is 1. The summed E-state index contributed by atoms with van der Waals surface area (Å²) in [5, 5.41) is -0.0727. The summed E-state index contributed by atoms with van der Waals surface area (Å²) >= 11 is 0. The molecule has 1 heterocycles. The van der Waals surface area contributed by atoms with Crippen molar-refractivity contribution in [3.63, 3.8) is 0 Å². The second-order valence-electron chi connectivity index (χ2n) is 7.77. The zero-order chi connectivity index (χ0) is 22.0. The van der Waals surface area contributed by atoms with E-state index in [0.717, 1.165) is 17.5 Å². The predicted molar refractivity (Wildman–Crippen MR) is 115 cm³/mol. The van der Waals surface area contributed by atoms with Gasteiger partial charge in [0.2, 0.25) is 0 Å². The molecule has 3 N–H and O–H groups in total. The van der Waals surface area contributed by atoms with Crippen LogP contribution in [0.25, 0.3) is 0 Å². The molecule has 3 aromatic rings. The van der Waals surface area contributed by atoms with E-state index in [4.69, 9.17) is 10.5 Å². The number of halogens is 1. The smallest absolute Gasteiger partial charge is 0.259 e. The standard InChI is InChI=1S/C22H25FN4O3S/c1-27-13-22(25-14-27)31(28,29)26-7-8-30-21-12-17-16(10-19(21)23)11-20(24)18(17)9-15-5-3-2-4-6-15/h2-6,10,12-14,18,20,26H,7-9,11,24H2,1H3/t18-,20+/m0/s1. The molecular formula is C22H25FN4O3S. The van der Waals surface area contributed by atoms with Crippen molar-refractivity contribution in [2.45, 2.75) is 29.8 Å². The molecule has 1 aliphatic carbocycles. The molecule has 0 radical (unpaired) electrons. The van der Waals surface area contributed by atoms with Crippen molar-refractivity contribution in [2.75, 3.05) is 13.2 Å². The summed E-state index contributed by atoms with van der Waals surface area (Å²) in [5.74, 6) is -0.301. The SMILES string of the molecule is Cn1cnc(S(=O)(=O)NCCOc2cc3c(cc2F)C[C@@H](N)[C@H]3Cc2ccccc2)c1. The van der Waals surface area contributed by atoms with Gasteiger partial charge in [-0.1, -0.05) is 30.3 Å². The third kappa shape index (κ3) is 4.79. The number of nitrogens with zero attached hydrogens (tertiary/aromatic N) is 2. The van der Waals surface area contributed by atoms with Crippen molar-refractivity contribution >= 4 is 10.0 Å². The molecule has 0 unspecified atom stereocenters. The lowest BCUT2D eigenvalue weighted by Crippen LogP contribution is -2.28. The number of nitrogens with one attached hydrogen (secondary N) is 1. The van der Waals surface area contributed by atoms with Crippen LogP contribution < -0.4 is 15.2 Å². The molecule has 9 heteroatoms. The summed E-state index contributed by atoms with van der Waals surface area (Å²) in [4.78, 5) is 3.83. The Morgan fingerprint density at radius 3 is 2.77 bits per heavy atom. The number of aryl methyl sites for hydroxylation is 1. The van der Waals surface area contributed by atoms with Gasteiger partial charge in [-0.15, -0.1) is 0 Å². The molecule has 2 aromatic carbocycles. The molecule has 0 saturated heterocycles. The Labute approximate surface area is 181 Å². The Morgan fingerprint density at radius 2 is 2.06 bits per heavy atom. The molecule has 1 aliphatic rings. The van der Waals surface area contributed by atoms with Crippen LogP contribution in [0.2, 0.25) is 0 Å². The summed E-state index contributed by atoms with van der Waals surface area (Å²) in [6.45, 7) is -0.0282. The highest BCUT2D eigenvalue weighted by atomic mass is 32.2. The van der Waals surface area contributed by atoms with Crippen LogP contribution in [0.15, 0.2) is 60.0 Å². The molecule has 31 heavy (non-hydrogen) atoms. The van der Waals surface area contributed by atoms with Gasteiger partial charge in [0.25, 0.3) is 10.0 Å². The summed E-state index contributed by atoms with van der Waals surface area (Å²) < 4.78 is 48.5. The Morgan fingerprint density at radius 1 is 1.29 bits per heavy atom. The fraction of sp³-hybridized carbons (Fsp3) is 0.318. The molecule has 7 nitrogen and oxygen atoms in total. The van der Waals surface area contributed by atoms with Gasteiger partial charge in [-0.2, -0.15) is 0 Å². The average Bonchev–Trinajstić information content (AvgIpc) is 3.30. The highest BCUT2D eigenvalue weighted by Crippen LogP contribution is 2.38. The third-order valence-electron chi connectivity index (χ3n) is 5.47. The molecule has 4 rings (SSSR count). The summed E-state index contributed by atoms with van der Waals surface area (Å²) in [5.41, 5.74) is 9.41. The molecule has 0 aliphatic heterocycles. The third-order valence-corrected chi connectivity index (χ3v) is 6.82. The van der Waals surface area contributed by atoms with E-state index >= 15 is 0 Å². The molecule has 0 spiro atoms. The fourth-order valence-electron chi connectivity index (χ4n) is 3.94. The summed E-state index contributed by atoms with van der Waals surface area (Å²) in [6, 6.07) is 13.2. The quantitative estimate of drug-likeness (QED) is 0.519. The highest BCUT2D eigenvalue weighted by Gasteiger charge is 2.31. The zero-order valence-electron chi connectivity index (χ0n) is 17.2. The van der Waals surface area contributed by atoms with E-state index in [2.05, 4.69) is 21.8 Å². The van der Waals surface area contributed by atoms with Crippen LogP contribution >= 0.6 is 0 Å². The number of fused-ring (bicyclic) bond motifs is 1. The van der Waals surface area contributed by atoms with Crippen molar-refractivity contribution in [2.24, 2.45) is 12.8 Å². The Bertz CT molecular complexity index is 1160. The summed E-state index contributed by atoms with van der Waals surface area (Å²) in [6.07, 6.45) is 4.19. The van der Waals surface area contributed by atoms with Gasteiger partial charge in [-0.25, -0.2) is 22.5 Å². The van der Waals surface area contributed by atoms with Gasteiger partial charge < -0.3 is 15.0 Å². The first-order chi connectivity index (χ1) is 14.8. The number of hydrogen-bond donors (Lipinski definition) is 2. The molecule has 0 saturated carbocycles. The second-order valence-corrected chi connectivity index (χ2v) is 9.48. The van der Waals surface area contributed by atoms with E-state index in [9.17, 15) is 12.8 Å². The number of hydrogen-bond acceptors (Lipinski definition) is 5. The maximum Gasteiger partial charge on any atom is 0.259 e. The van der Waals surface area contributed by atoms with Gasteiger partial charge in [0.1, 0.15) is 6.61 Å². The maximum atomic E-state index is 14.5. The number of sulfonamides is 1. The van der Waals surface area contributed by atoms with E-state index in [-0.39, 0.29) is 35.9 Å². The Hall–Kier alpha value is -2.75. The van der Waals surface area contributed by atoms with E-state index in [1.807, 2.05) is 18.2 Å². The van der Waals surface area contributed by atoms with E-state index < -0.39 is 15.8 Å². The van der Waals surface area contributed by atoms with Crippen molar-refractivity contribution < 1.29 is 17.5 Å². The van der Waals surface area contributed by atoms with Crippen LogP contribution in [0.5, 0.6) is 5.75 Å². The minimum atomic E-state index is -3.74. The largest absolute Gasteiger partial charge is 0.489 e. The lowest BCUT2D eigenvalue weighted by molar-refractivity contribution is 0.306. The monoisotopic (exact) mass is 444 g/mol. The van der Waals surface area contributed by atoms with E-state index in [1.165, 1.54) is 24.2 Å².